The number of carbonyl (C=O) groups is 2. The number of hydrogen-bond acceptors (Lipinski definition) is 6. The van der Waals surface area contributed by atoms with E-state index in [4.69, 9.17) is 15.2 Å². The standard InChI is InChI=1S/C29H32F3N3O5/c30-29(31,32)40-22-6-2-18(3-7-22)28(9-10-28)27(37)34-23(13-17-1-8-24-25(14-17)39-12-11-38-24)26(36)35-20-4-5-21(35)16-19(33)15-20/h1-3,6-8,14,19-21,23H,4-5,9-13,15-16,33H2,(H,34,37)/t19?,20?,21?,23-/m0/s1. The van der Waals surface area contributed by atoms with Gasteiger partial charge in [-0.15, -0.1) is 13.2 Å². The summed E-state index contributed by atoms with van der Waals surface area (Å²) < 4.78 is 53.1. The fourth-order valence-corrected chi connectivity index (χ4v) is 6.45. The summed E-state index contributed by atoms with van der Waals surface area (Å²) in [5.74, 6) is 0.448. The molecule has 2 saturated heterocycles. The first kappa shape index (κ1) is 26.7. The van der Waals surface area contributed by atoms with Crippen LogP contribution in [0.1, 0.15) is 49.7 Å². The number of nitrogens with one attached hydrogen (secondary N) is 1. The first-order valence-electron chi connectivity index (χ1n) is 13.7. The van der Waals surface area contributed by atoms with Gasteiger partial charge >= 0.3 is 6.36 Å². The van der Waals surface area contributed by atoms with Gasteiger partial charge in [0.2, 0.25) is 11.8 Å². The van der Waals surface area contributed by atoms with Crippen molar-refractivity contribution in [1.82, 2.24) is 10.2 Å². The second kappa shape index (κ2) is 10.2. The zero-order valence-electron chi connectivity index (χ0n) is 21.9. The lowest BCUT2D eigenvalue weighted by Crippen LogP contribution is -2.58. The maximum Gasteiger partial charge on any atom is 0.573 e. The Morgan fingerprint density at radius 1 is 1.02 bits per heavy atom. The van der Waals surface area contributed by atoms with Gasteiger partial charge in [0, 0.05) is 24.5 Å². The van der Waals surface area contributed by atoms with Crippen LogP contribution in [0.4, 0.5) is 13.2 Å². The molecular formula is C29H32F3N3O5. The van der Waals surface area contributed by atoms with E-state index in [1.807, 2.05) is 23.1 Å². The first-order valence-corrected chi connectivity index (χ1v) is 13.7. The van der Waals surface area contributed by atoms with Crippen molar-refractivity contribution < 1.29 is 37.0 Å². The van der Waals surface area contributed by atoms with E-state index >= 15 is 0 Å². The highest BCUT2D eigenvalue weighted by Gasteiger charge is 2.53. The van der Waals surface area contributed by atoms with Crippen LogP contribution in [0.3, 0.4) is 0 Å². The lowest BCUT2D eigenvalue weighted by atomic mass is 9.93. The minimum atomic E-state index is -4.80. The number of nitrogens with zero attached hydrogens (tertiary/aromatic N) is 1. The van der Waals surface area contributed by atoms with Crippen molar-refractivity contribution in [1.29, 1.82) is 0 Å². The van der Waals surface area contributed by atoms with Crippen molar-refractivity contribution >= 4 is 11.8 Å². The van der Waals surface area contributed by atoms with E-state index in [0.717, 1.165) is 31.2 Å². The van der Waals surface area contributed by atoms with Crippen LogP contribution in [0.25, 0.3) is 0 Å². The number of hydrogen-bond donors (Lipinski definition) is 2. The van der Waals surface area contributed by atoms with Crippen LogP contribution in [0.5, 0.6) is 17.2 Å². The van der Waals surface area contributed by atoms with Crippen LogP contribution in [0.2, 0.25) is 0 Å². The molecule has 11 heteroatoms. The molecule has 0 spiro atoms. The molecule has 2 aromatic carbocycles. The Morgan fingerprint density at radius 2 is 1.68 bits per heavy atom. The van der Waals surface area contributed by atoms with Crippen molar-refractivity contribution in [3.05, 3.63) is 53.6 Å². The van der Waals surface area contributed by atoms with Gasteiger partial charge in [-0.1, -0.05) is 18.2 Å². The molecule has 3 N–H and O–H groups in total. The molecule has 2 bridgehead atoms. The highest BCUT2D eigenvalue weighted by atomic mass is 19.4. The van der Waals surface area contributed by atoms with Gasteiger partial charge < -0.3 is 30.2 Å². The molecule has 3 heterocycles. The molecule has 2 unspecified atom stereocenters. The fraction of sp³-hybridized carbons (Fsp3) is 0.517. The Balaban J connectivity index is 1.24. The Kier molecular flexibility index (Phi) is 6.80. The van der Waals surface area contributed by atoms with E-state index in [1.54, 1.807) is 0 Å². The highest BCUT2D eigenvalue weighted by molar-refractivity contribution is 5.95. The minimum Gasteiger partial charge on any atom is -0.486 e. The largest absolute Gasteiger partial charge is 0.573 e. The summed E-state index contributed by atoms with van der Waals surface area (Å²) in [6, 6.07) is 10.3. The van der Waals surface area contributed by atoms with Crippen LogP contribution in [0.15, 0.2) is 42.5 Å². The maximum atomic E-state index is 14.0. The number of amides is 2. The van der Waals surface area contributed by atoms with Gasteiger partial charge in [-0.25, -0.2) is 0 Å². The number of rotatable bonds is 7. The summed E-state index contributed by atoms with van der Waals surface area (Å²) in [7, 11) is 0. The van der Waals surface area contributed by atoms with Crippen molar-refractivity contribution in [2.24, 2.45) is 5.73 Å². The monoisotopic (exact) mass is 559 g/mol. The number of fused-ring (bicyclic) bond motifs is 3. The molecule has 214 valence electrons. The average molecular weight is 560 g/mol. The topological polar surface area (TPSA) is 103 Å². The van der Waals surface area contributed by atoms with E-state index in [-0.39, 0.29) is 42.1 Å². The van der Waals surface area contributed by atoms with E-state index in [2.05, 4.69) is 10.1 Å². The lowest BCUT2D eigenvalue weighted by Gasteiger charge is -2.40. The third-order valence-corrected chi connectivity index (χ3v) is 8.50. The van der Waals surface area contributed by atoms with Gasteiger partial charge in [0.25, 0.3) is 0 Å². The third kappa shape index (κ3) is 5.31. The number of halogens is 3. The Labute approximate surface area is 229 Å². The number of piperidine rings is 1. The number of carbonyl (C=O) groups excluding carboxylic acids is 2. The number of ether oxygens (including phenoxy) is 3. The maximum absolute atomic E-state index is 14.0. The molecule has 4 aliphatic rings. The summed E-state index contributed by atoms with van der Waals surface area (Å²) in [6.07, 6.45) is -0.199. The lowest BCUT2D eigenvalue weighted by molar-refractivity contribution is -0.274. The third-order valence-electron chi connectivity index (χ3n) is 8.50. The van der Waals surface area contributed by atoms with Crippen LogP contribution in [-0.4, -0.2) is 60.5 Å². The molecule has 3 atom stereocenters. The molecule has 0 aromatic heterocycles. The van der Waals surface area contributed by atoms with Gasteiger partial charge in [0.15, 0.2) is 11.5 Å². The fourth-order valence-electron chi connectivity index (χ4n) is 6.45. The SMILES string of the molecule is NC1CC2CCC(C1)N2C(=O)[C@H](Cc1ccc2c(c1)OCCO2)NC(=O)C1(c2ccc(OC(F)(F)F)cc2)CC1. The van der Waals surface area contributed by atoms with Crippen molar-refractivity contribution in [3.8, 4) is 17.2 Å². The summed E-state index contributed by atoms with van der Waals surface area (Å²) in [4.78, 5) is 29.7. The first-order chi connectivity index (χ1) is 19.1. The molecule has 0 radical (unpaired) electrons. The Bertz CT molecular complexity index is 1270. The second-order valence-electron chi connectivity index (χ2n) is 11.2. The second-order valence-corrected chi connectivity index (χ2v) is 11.2. The normalized spacial score (nSPS) is 25.2. The number of nitrogens with two attached hydrogens (primary N) is 1. The zero-order chi connectivity index (χ0) is 28.1. The predicted molar refractivity (Wildman–Crippen MR) is 138 cm³/mol. The molecule has 3 fully saturated rings. The zero-order valence-corrected chi connectivity index (χ0v) is 21.9. The van der Waals surface area contributed by atoms with Gasteiger partial charge in [-0.3, -0.25) is 9.59 Å². The summed E-state index contributed by atoms with van der Waals surface area (Å²) in [6.45, 7) is 0.900. The molecule has 3 aliphatic heterocycles. The summed E-state index contributed by atoms with van der Waals surface area (Å²) >= 11 is 0. The van der Waals surface area contributed by atoms with E-state index in [9.17, 15) is 22.8 Å². The van der Waals surface area contributed by atoms with Crippen molar-refractivity contribution in [3.63, 3.8) is 0 Å². The summed E-state index contributed by atoms with van der Waals surface area (Å²) in [5.41, 5.74) is 6.75. The molecule has 6 rings (SSSR count). The highest BCUT2D eigenvalue weighted by Crippen LogP contribution is 2.49. The molecule has 1 aliphatic carbocycles. The van der Waals surface area contributed by atoms with E-state index < -0.39 is 17.8 Å². The summed E-state index contributed by atoms with van der Waals surface area (Å²) in [5, 5.41) is 3.03. The van der Waals surface area contributed by atoms with Gasteiger partial charge in [0.1, 0.15) is 25.0 Å². The van der Waals surface area contributed by atoms with Crippen LogP contribution < -0.4 is 25.3 Å². The molecule has 1 saturated carbocycles. The van der Waals surface area contributed by atoms with E-state index in [0.29, 0.717) is 43.1 Å². The van der Waals surface area contributed by atoms with Crippen molar-refractivity contribution in [2.75, 3.05) is 13.2 Å². The van der Waals surface area contributed by atoms with E-state index in [1.165, 1.54) is 24.3 Å². The smallest absolute Gasteiger partial charge is 0.486 e. The van der Waals surface area contributed by atoms with Crippen molar-refractivity contribution in [2.45, 2.75) is 80.9 Å². The minimum absolute atomic E-state index is 0.0528. The molecule has 2 aromatic rings. The Morgan fingerprint density at radius 3 is 2.30 bits per heavy atom. The van der Waals surface area contributed by atoms with Gasteiger partial charge in [-0.2, -0.15) is 0 Å². The van der Waals surface area contributed by atoms with Gasteiger partial charge in [-0.05, 0) is 73.9 Å². The quantitative estimate of drug-likeness (QED) is 0.538. The molecule has 2 amide bonds. The molecular weight excluding hydrogens is 527 g/mol. The molecule has 8 nitrogen and oxygen atoms in total. The predicted octanol–water partition coefficient (Wildman–Crippen LogP) is 3.60. The average Bonchev–Trinajstić information content (AvgIpc) is 3.68. The van der Waals surface area contributed by atoms with Gasteiger partial charge in [0.05, 0.1) is 5.41 Å². The molecule has 40 heavy (non-hydrogen) atoms. The Hall–Kier alpha value is -3.47. The van der Waals surface area contributed by atoms with Crippen LogP contribution >= 0.6 is 0 Å². The van der Waals surface area contributed by atoms with Crippen LogP contribution in [-0.2, 0) is 21.4 Å². The van der Waals surface area contributed by atoms with Crippen LogP contribution in [0, 0.1) is 0 Å². The number of alkyl halides is 3. The number of benzene rings is 2.